The molecule has 4 atom stereocenters. The number of aliphatic hydroxyl groups is 2. The van der Waals surface area contributed by atoms with Gasteiger partial charge in [0, 0.05) is 25.0 Å². The van der Waals surface area contributed by atoms with Gasteiger partial charge in [-0.25, -0.2) is 4.98 Å². The molecule has 2 N–H and O–H groups in total. The van der Waals surface area contributed by atoms with Crippen molar-refractivity contribution in [2.45, 2.75) is 71.2 Å². The average Bonchev–Trinajstić information content (AvgIpc) is 3.64. The van der Waals surface area contributed by atoms with Gasteiger partial charge in [-0.15, -0.1) is 0 Å². The fraction of sp³-hybridized carbons (Fsp3) is 0.739. The lowest BCUT2D eigenvalue weighted by Crippen LogP contribution is -2.40. The number of hydrogen-bond donors (Lipinski definition) is 2. The third-order valence-corrected chi connectivity index (χ3v) is 7.64. The van der Waals surface area contributed by atoms with Crippen LogP contribution < -0.4 is 4.90 Å². The topological polar surface area (TPSA) is 86.1 Å². The summed E-state index contributed by atoms with van der Waals surface area (Å²) in [5, 5.41) is 18.9. The van der Waals surface area contributed by atoms with Crippen LogP contribution in [0.5, 0.6) is 0 Å². The first-order chi connectivity index (χ1) is 14.3. The largest absolute Gasteiger partial charge is 0.394 e. The Bertz CT molecular complexity index is 868. The summed E-state index contributed by atoms with van der Waals surface area (Å²) >= 11 is 0. The molecule has 2 aliphatic heterocycles. The van der Waals surface area contributed by atoms with Crippen molar-refractivity contribution in [3.63, 3.8) is 0 Å². The number of carbonyl (C=O) groups is 1. The van der Waals surface area contributed by atoms with Gasteiger partial charge < -0.3 is 24.7 Å². The number of aromatic nitrogens is 1. The summed E-state index contributed by atoms with van der Waals surface area (Å²) < 4.78 is 6.31. The zero-order valence-corrected chi connectivity index (χ0v) is 18.2. The van der Waals surface area contributed by atoms with Gasteiger partial charge in [0.1, 0.15) is 5.82 Å². The maximum absolute atomic E-state index is 12.8. The monoisotopic (exact) mass is 415 g/mol. The van der Waals surface area contributed by atoms with E-state index in [0.29, 0.717) is 35.6 Å². The van der Waals surface area contributed by atoms with Crippen LogP contribution >= 0.6 is 0 Å². The molecule has 1 aromatic heterocycles. The van der Waals surface area contributed by atoms with Gasteiger partial charge in [0.15, 0.2) is 0 Å². The fourth-order valence-corrected chi connectivity index (χ4v) is 5.13. The number of aliphatic hydroxyl groups excluding tert-OH is 2. The van der Waals surface area contributed by atoms with Gasteiger partial charge >= 0.3 is 0 Å². The molecule has 5 rings (SSSR count). The van der Waals surface area contributed by atoms with E-state index in [4.69, 9.17) is 14.8 Å². The lowest BCUT2D eigenvalue weighted by Gasteiger charge is -2.34. The van der Waals surface area contributed by atoms with E-state index >= 15 is 0 Å². The lowest BCUT2D eigenvalue weighted by atomic mass is 10.0. The van der Waals surface area contributed by atoms with Crippen LogP contribution in [0.25, 0.3) is 0 Å². The number of rotatable bonds is 7. The van der Waals surface area contributed by atoms with Gasteiger partial charge in [0.2, 0.25) is 0 Å². The number of pyridine rings is 1. The molecule has 0 spiro atoms. The highest BCUT2D eigenvalue weighted by Gasteiger charge is 2.52. The van der Waals surface area contributed by atoms with Crippen LogP contribution in [-0.4, -0.2) is 70.6 Å². The number of nitrogens with zero attached hydrogens (tertiary/aromatic N) is 3. The van der Waals surface area contributed by atoms with Gasteiger partial charge in [-0.1, -0.05) is 6.92 Å². The molecule has 3 unspecified atom stereocenters. The Labute approximate surface area is 178 Å². The predicted molar refractivity (Wildman–Crippen MR) is 112 cm³/mol. The van der Waals surface area contributed by atoms with E-state index < -0.39 is 6.10 Å². The van der Waals surface area contributed by atoms with Crippen molar-refractivity contribution in [3.8, 4) is 0 Å². The third kappa shape index (κ3) is 3.41. The van der Waals surface area contributed by atoms with Crippen LogP contribution in [0, 0.1) is 25.2 Å². The number of piperidine rings is 1. The Kier molecular flexibility index (Phi) is 4.84. The molecular weight excluding hydrogens is 382 g/mol. The summed E-state index contributed by atoms with van der Waals surface area (Å²) in [6.07, 6.45) is 4.23. The molecule has 1 saturated heterocycles. The van der Waals surface area contributed by atoms with E-state index in [1.807, 2.05) is 6.92 Å². The molecular formula is C23H33N3O4. The number of ether oxygens (including phenoxy) is 1. The van der Waals surface area contributed by atoms with Crippen molar-refractivity contribution < 1.29 is 19.7 Å². The number of fused-ring (bicyclic) bond motifs is 2. The molecule has 0 aromatic carbocycles. The second kappa shape index (κ2) is 7.18. The van der Waals surface area contributed by atoms with E-state index in [2.05, 4.69) is 18.7 Å². The molecule has 3 heterocycles. The van der Waals surface area contributed by atoms with Gasteiger partial charge in [0.05, 0.1) is 43.2 Å². The van der Waals surface area contributed by atoms with Crippen molar-refractivity contribution in [1.29, 1.82) is 0 Å². The molecule has 30 heavy (non-hydrogen) atoms. The number of β-amino-alcohol motifs (C(OH)–C–C–N with tert-alkyl or cyclic N) is 1. The van der Waals surface area contributed by atoms with Crippen molar-refractivity contribution in [2.24, 2.45) is 11.3 Å². The van der Waals surface area contributed by atoms with E-state index in [1.54, 1.807) is 4.90 Å². The van der Waals surface area contributed by atoms with Crippen LogP contribution in [0.4, 0.5) is 5.82 Å². The third-order valence-electron chi connectivity index (χ3n) is 7.64. The van der Waals surface area contributed by atoms with Gasteiger partial charge in [-0.2, -0.15) is 0 Å². The van der Waals surface area contributed by atoms with Crippen molar-refractivity contribution >= 4 is 11.7 Å². The summed E-state index contributed by atoms with van der Waals surface area (Å²) in [5.74, 6) is 1.50. The highest BCUT2D eigenvalue weighted by Crippen LogP contribution is 2.50. The summed E-state index contributed by atoms with van der Waals surface area (Å²) in [6.45, 7) is 8.39. The van der Waals surface area contributed by atoms with Crippen LogP contribution in [0.1, 0.15) is 59.8 Å². The molecule has 7 nitrogen and oxygen atoms in total. The maximum atomic E-state index is 12.8. The second-order valence-corrected chi connectivity index (χ2v) is 10.1. The number of carbonyl (C=O) groups excluding carboxylic acids is 1. The van der Waals surface area contributed by atoms with Crippen LogP contribution in [0.3, 0.4) is 0 Å². The Hall–Kier alpha value is -1.70. The molecule has 1 amide bonds. The molecule has 4 aliphatic rings. The molecule has 0 radical (unpaired) electrons. The molecule has 2 aliphatic carbocycles. The van der Waals surface area contributed by atoms with Crippen molar-refractivity contribution in [2.75, 3.05) is 31.2 Å². The molecule has 0 bridgehead atoms. The number of hydrogen-bond acceptors (Lipinski definition) is 6. The summed E-state index contributed by atoms with van der Waals surface area (Å²) in [4.78, 5) is 21.8. The maximum Gasteiger partial charge on any atom is 0.256 e. The number of anilines is 1. The van der Waals surface area contributed by atoms with E-state index in [1.165, 1.54) is 12.8 Å². The van der Waals surface area contributed by atoms with Crippen LogP contribution in [-0.2, 0) is 11.3 Å². The van der Waals surface area contributed by atoms with Crippen molar-refractivity contribution in [3.05, 3.63) is 22.4 Å². The smallest absolute Gasteiger partial charge is 0.256 e. The Balaban J connectivity index is 1.32. The van der Waals surface area contributed by atoms with Gasteiger partial charge in [-0.05, 0) is 56.1 Å². The fourth-order valence-electron chi connectivity index (χ4n) is 5.13. The average molecular weight is 416 g/mol. The van der Waals surface area contributed by atoms with E-state index in [-0.39, 0.29) is 19.1 Å². The zero-order chi connectivity index (χ0) is 21.2. The van der Waals surface area contributed by atoms with E-state index in [0.717, 1.165) is 48.6 Å². The highest BCUT2D eigenvalue weighted by atomic mass is 16.5. The Morgan fingerprint density at radius 3 is 2.77 bits per heavy atom. The Morgan fingerprint density at radius 2 is 2.07 bits per heavy atom. The van der Waals surface area contributed by atoms with E-state index in [9.17, 15) is 9.90 Å². The SMILES string of the molecule is Cc1c(N2CCC(OCC3(C)CC3)C3C[C@H]32)nc2c(c1C)C(=O)N(CC(O)CO)C2. The van der Waals surface area contributed by atoms with Crippen LogP contribution in [0.2, 0.25) is 0 Å². The molecule has 7 heteroatoms. The molecule has 3 fully saturated rings. The number of amides is 1. The molecule has 1 aromatic rings. The molecule has 164 valence electrons. The quantitative estimate of drug-likeness (QED) is 0.706. The van der Waals surface area contributed by atoms with Crippen molar-refractivity contribution in [1.82, 2.24) is 9.88 Å². The minimum absolute atomic E-state index is 0.0953. The highest BCUT2D eigenvalue weighted by molar-refractivity contribution is 6.00. The first-order valence-electron chi connectivity index (χ1n) is 11.3. The lowest BCUT2D eigenvalue weighted by molar-refractivity contribution is 0.00311. The second-order valence-electron chi connectivity index (χ2n) is 10.1. The summed E-state index contributed by atoms with van der Waals surface area (Å²) in [7, 11) is 0. The standard InChI is InChI=1S/C23H33N3O4/c1-13-14(2)21(24-17-10-25(9-15(28)11-27)22(29)20(13)17)26-7-4-19(16-8-18(16)26)30-12-23(3)5-6-23/h15-16,18-19,27-28H,4-12H2,1-3H3/t15?,16?,18-,19?/m1/s1. The predicted octanol–water partition coefficient (Wildman–Crippen LogP) is 1.79. The molecule has 2 saturated carbocycles. The van der Waals surface area contributed by atoms with Gasteiger partial charge in [-0.3, -0.25) is 4.79 Å². The zero-order valence-electron chi connectivity index (χ0n) is 18.2. The first kappa shape index (κ1) is 20.2. The summed E-state index contributed by atoms with van der Waals surface area (Å²) in [5.41, 5.74) is 3.95. The normalized spacial score (nSPS) is 29.6. The minimum atomic E-state index is -0.923. The van der Waals surface area contributed by atoms with Crippen LogP contribution in [0.15, 0.2) is 0 Å². The first-order valence-corrected chi connectivity index (χ1v) is 11.3. The summed E-state index contributed by atoms with van der Waals surface area (Å²) in [6, 6.07) is 0.490. The van der Waals surface area contributed by atoms with Gasteiger partial charge in [0.25, 0.3) is 5.91 Å². The minimum Gasteiger partial charge on any atom is -0.394 e. The Morgan fingerprint density at radius 1 is 1.30 bits per heavy atom.